The third-order valence-corrected chi connectivity index (χ3v) is 3.27. The van der Waals surface area contributed by atoms with Crippen molar-refractivity contribution in [2.45, 2.75) is 6.54 Å². The number of halogens is 1. The minimum atomic E-state index is 0.482. The number of nitrogens with two attached hydrogens (primary N) is 1. The molecular formula is C14H12ClN3. The molecule has 0 atom stereocenters. The van der Waals surface area contributed by atoms with Crippen molar-refractivity contribution >= 4 is 17.2 Å². The van der Waals surface area contributed by atoms with E-state index in [9.17, 15) is 0 Å². The van der Waals surface area contributed by atoms with Crippen LogP contribution in [0.5, 0.6) is 0 Å². The van der Waals surface area contributed by atoms with E-state index in [1.807, 2.05) is 53.1 Å². The molecular weight excluding hydrogens is 246 g/mol. The molecule has 0 amide bonds. The molecule has 2 heterocycles. The lowest BCUT2D eigenvalue weighted by atomic mass is 10.2. The summed E-state index contributed by atoms with van der Waals surface area (Å²) >= 11 is 6.19. The highest BCUT2D eigenvalue weighted by atomic mass is 35.5. The number of benzene rings is 1. The predicted octanol–water partition coefficient (Wildman–Crippen LogP) is 3.11. The van der Waals surface area contributed by atoms with Gasteiger partial charge in [0, 0.05) is 24.0 Å². The van der Waals surface area contributed by atoms with Gasteiger partial charge in [-0.1, -0.05) is 35.9 Å². The van der Waals surface area contributed by atoms with Crippen molar-refractivity contribution in [2.24, 2.45) is 5.73 Å². The molecule has 3 rings (SSSR count). The van der Waals surface area contributed by atoms with E-state index in [4.69, 9.17) is 17.3 Å². The van der Waals surface area contributed by atoms with Gasteiger partial charge >= 0.3 is 0 Å². The van der Waals surface area contributed by atoms with Crippen molar-refractivity contribution in [3.63, 3.8) is 0 Å². The molecule has 90 valence electrons. The van der Waals surface area contributed by atoms with Crippen molar-refractivity contribution < 1.29 is 0 Å². The van der Waals surface area contributed by atoms with E-state index in [-0.39, 0.29) is 0 Å². The third kappa shape index (κ3) is 1.78. The molecule has 0 bridgehead atoms. The lowest BCUT2D eigenvalue weighted by Crippen LogP contribution is -2.02. The maximum Gasteiger partial charge on any atom is 0.137 e. The van der Waals surface area contributed by atoms with Gasteiger partial charge in [0.15, 0.2) is 0 Å². The summed E-state index contributed by atoms with van der Waals surface area (Å²) in [7, 11) is 0. The fourth-order valence-electron chi connectivity index (χ4n) is 2.03. The average molecular weight is 258 g/mol. The maximum atomic E-state index is 6.19. The van der Waals surface area contributed by atoms with Crippen molar-refractivity contribution in [1.82, 2.24) is 9.38 Å². The number of aromatic nitrogens is 2. The van der Waals surface area contributed by atoms with Crippen molar-refractivity contribution in [3.05, 3.63) is 59.4 Å². The third-order valence-electron chi connectivity index (χ3n) is 2.94. The topological polar surface area (TPSA) is 43.3 Å². The summed E-state index contributed by atoms with van der Waals surface area (Å²) < 4.78 is 2.00. The molecule has 0 fully saturated rings. The first kappa shape index (κ1) is 11.3. The van der Waals surface area contributed by atoms with Gasteiger partial charge in [-0.3, -0.25) is 0 Å². The van der Waals surface area contributed by atoms with Gasteiger partial charge in [-0.15, -0.1) is 0 Å². The Bertz CT molecular complexity index is 703. The second-order valence-electron chi connectivity index (χ2n) is 4.06. The molecule has 0 radical (unpaired) electrons. The maximum absolute atomic E-state index is 6.19. The van der Waals surface area contributed by atoms with Crippen LogP contribution >= 0.6 is 11.6 Å². The van der Waals surface area contributed by atoms with E-state index in [1.165, 1.54) is 0 Å². The molecule has 3 nitrogen and oxygen atoms in total. The summed E-state index contributed by atoms with van der Waals surface area (Å²) in [5.74, 6) is 0. The highest BCUT2D eigenvalue weighted by Gasteiger charge is 2.08. The van der Waals surface area contributed by atoms with Crippen LogP contribution in [0.15, 0.2) is 48.7 Å². The molecule has 0 aliphatic heterocycles. The van der Waals surface area contributed by atoms with Gasteiger partial charge in [-0.05, 0) is 18.2 Å². The Morgan fingerprint density at radius 1 is 1.11 bits per heavy atom. The highest BCUT2D eigenvalue weighted by molar-refractivity contribution is 6.33. The quantitative estimate of drug-likeness (QED) is 0.767. The van der Waals surface area contributed by atoms with E-state index in [0.29, 0.717) is 11.6 Å². The Hall–Kier alpha value is -1.84. The number of imidazole rings is 1. The second kappa shape index (κ2) is 4.44. The number of pyridine rings is 1. The van der Waals surface area contributed by atoms with Crippen LogP contribution in [-0.2, 0) is 6.54 Å². The van der Waals surface area contributed by atoms with Crippen LogP contribution < -0.4 is 5.73 Å². The molecule has 1 aromatic carbocycles. The molecule has 0 saturated heterocycles. The fourth-order valence-corrected chi connectivity index (χ4v) is 2.27. The Labute approximate surface area is 110 Å². The zero-order valence-electron chi connectivity index (χ0n) is 9.68. The van der Waals surface area contributed by atoms with Crippen LogP contribution in [0.3, 0.4) is 0 Å². The minimum absolute atomic E-state index is 0.482. The minimum Gasteiger partial charge on any atom is -0.325 e. The SMILES string of the molecule is NCc1cccc2nc(-c3ccccc3Cl)cn12. The summed E-state index contributed by atoms with van der Waals surface area (Å²) in [6.45, 7) is 0.482. The van der Waals surface area contributed by atoms with Gasteiger partial charge in [0.05, 0.1) is 10.7 Å². The van der Waals surface area contributed by atoms with E-state index in [2.05, 4.69) is 4.98 Å². The Balaban J connectivity index is 2.23. The van der Waals surface area contributed by atoms with Crippen LogP contribution in [0.4, 0.5) is 0 Å². The number of nitrogens with zero attached hydrogens (tertiary/aromatic N) is 2. The summed E-state index contributed by atoms with van der Waals surface area (Å²) in [6, 6.07) is 13.6. The normalized spacial score (nSPS) is 11.0. The highest BCUT2D eigenvalue weighted by Crippen LogP contribution is 2.27. The predicted molar refractivity (Wildman–Crippen MR) is 73.5 cm³/mol. The van der Waals surface area contributed by atoms with Gasteiger partial charge in [0.2, 0.25) is 0 Å². The lowest BCUT2D eigenvalue weighted by molar-refractivity contribution is 0.946. The molecule has 0 aliphatic rings. The Morgan fingerprint density at radius 2 is 1.94 bits per heavy atom. The van der Waals surface area contributed by atoms with Gasteiger partial charge in [0.1, 0.15) is 5.65 Å². The average Bonchev–Trinajstić information content (AvgIpc) is 2.82. The van der Waals surface area contributed by atoms with Crippen LogP contribution in [0.2, 0.25) is 5.02 Å². The lowest BCUT2D eigenvalue weighted by Gasteiger charge is -2.00. The monoisotopic (exact) mass is 257 g/mol. The number of hydrogen-bond acceptors (Lipinski definition) is 2. The summed E-state index contributed by atoms with van der Waals surface area (Å²) in [5.41, 5.74) is 9.43. The van der Waals surface area contributed by atoms with Crippen LogP contribution in [0.1, 0.15) is 5.69 Å². The van der Waals surface area contributed by atoms with Crippen LogP contribution in [0.25, 0.3) is 16.9 Å². The van der Waals surface area contributed by atoms with Gasteiger partial charge in [-0.25, -0.2) is 4.98 Å². The number of fused-ring (bicyclic) bond motifs is 1. The molecule has 0 saturated carbocycles. The standard InChI is InChI=1S/C14H12ClN3/c15-12-6-2-1-5-11(12)13-9-18-10(8-16)4-3-7-14(18)17-13/h1-7,9H,8,16H2. The summed E-state index contributed by atoms with van der Waals surface area (Å²) in [5, 5.41) is 0.704. The second-order valence-corrected chi connectivity index (χ2v) is 4.46. The Morgan fingerprint density at radius 3 is 2.72 bits per heavy atom. The summed E-state index contributed by atoms with van der Waals surface area (Å²) in [4.78, 5) is 4.58. The van der Waals surface area contributed by atoms with Crippen LogP contribution in [0, 0.1) is 0 Å². The van der Waals surface area contributed by atoms with Gasteiger partial charge in [0.25, 0.3) is 0 Å². The van der Waals surface area contributed by atoms with Crippen molar-refractivity contribution in [2.75, 3.05) is 0 Å². The van der Waals surface area contributed by atoms with Gasteiger partial charge in [-0.2, -0.15) is 0 Å². The molecule has 2 N–H and O–H groups in total. The molecule has 18 heavy (non-hydrogen) atoms. The molecule has 0 spiro atoms. The van der Waals surface area contributed by atoms with E-state index < -0.39 is 0 Å². The number of rotatable bonds is 2. The van der Waals surface area contributed by atoms with Crippen molar-refractivity contribution in [3.8, 4) is 11.3 Å². The van der Waals surface area contributed by atoms with E-state index >= 15 is 0 Å². The van der Waals surface area contributed by atoms with Gasteiger partial charge < -0.3 is 10.1 Å². The van der Waals surface area contributed by atoms with E-state index in [1.54, 1.807) is 0 Å². The van der Waals surface area contributed by atoms with Crippen molar-refractivity contribution in [1.29, 1.82) is 0 Å². The van der Waals surface area contributed by atoms with Crippen LogP contribution in [-0.4, -0.2) is 9.38 Å². The first-order valence-electron chi connectivity index (χ1n) is 5.71. The zero-order chi connectivity index (χ0) is 12.5. The molecule has 3 aromatic rings. The molecule has 2 aromatic heterocycles. The molecule has 0 unspecified atom stereocenters. The van der Waals surface area contributed by atoms with E-state index in [0.717, 1.165) is 22.6 Å². The smallest absolute Gasteiger partial charge is 0.137 e. The first-order chi connectivity index (χ1) is 8.79. The summed E-state index contributed by atoms with van der Waals surface area (Å²) in [6.07, 6.45) is 1.97. The fraction of sp³-hybridized carbons (Fsp3) is 0.0714. The first-order valence-corrected chi connectivity index (χ1v) is 6.09. The molecule has 0 aliphatic carbocycles. The zero-order valence-corrected chi connectivity index (χ0v) is 10.4. The molecule has 4 heteroatoms. The largest absolute Gasteiger partial charge is 0.325 e. The Kier molecular flexibility index (Phi) is 2.78. The number of hydrogen-bond donors (Lipinski definition) is 1.